The van der Waals surface area contributed by atoms with Crippen molar-refractivity contribution >= 4 is 17.9 Å². The lowest BCUT2D eigenvalue weighted by Crippen LogP contribution is -2.22. The van der Waals surface area contributed by atoms with Crippen molar-refractivity contribution in [2.45, 2.75) is 38.0 Å². The van der Waals surface area contributed by atoms with Gasteiger partial charge in [-0.05, 0) is 49.2 Å². The van der Waals surface area contributed by atoms with E-state index < -0.39 is 40.9 Å². The van der Waals surface area contributed by atoms with E-state index in [1.807, 2.05) is 0 Å². The van der Waals surface area contributed by atoms with Crippen LogP contribution < -0.4 is 10.8 Å². The number of benzene rings is 1. The maximum atomic E-state index is 13.0. The van der Waals surface area contributed by atoms with Crippen molar-refractivity contribution in [1.29, 1.82) is 0 Å². The molecule has 1 aromatic heterocycles. The predicted octanol–water partition coefficient (Wildman–Crippen LogP) is 5.18. The highest BCUT2D eigenvalue weighted by Gasteiger charge is 2.37. The van der Waals surface area contributed by atoms with E-state index in [4.69, 9.17) is 9.62 Å². The van der Waals surface area contributed by atoms with E-state index in [2.05, 4.69) is 5.32 Å². The monoisotopic (exact) mass is 478 g/mol. The first-order chi connectivity index (χ1) is 15.4. The SMILES string of the molecule is O=C(/C=C/c1ccc(-c2cc(C(F)(F)F)cc(C(F)(F)F)c2)o1)NCCCCCC(=O)NO. The van der Waals surface area contributed by atoms with E-state index in [-0.39, 0.29) is 24.0 Å². The van der Waals surface area contributed by atoms with Gasteiger partial charge in [-0.25, -0.2) is 5.48 Å². The molecule has 33 heavy (non-hydrogen) atoms. The fourth-order valence-corrected chi connectivity index (χ4v) is 2.77. The average Bonchev–Trinajstić information content (AvgIpc) is 3.22. The second-order valence-corrected chi connectivity index (χ2v) is 6.97. The molecule has 0 aliphatic carbocycles. The summed E-state index contributed by atoms with van der Waals surface area (Å²) in [6.07, 6.45) is -5.72. The molecule has 0 atom stereocenters. The van der Waals surface area contributed by atoms with E-state index >= 15 is 0 Å². The standard InChI is InChI=1S/C21H20F6N2O4/c22-20(23,24)14-10-13(11-15(12-14)21(25,26)27)17-7-5-16(33-17)6-8-18(30)28-9-3-1-2-4-19(31)29-32/h5-8,10-12,32H,1-4,9H2,(H,28,30)(H,29,31)/b8-6+. The third-order valence-corrected chi connectivity index (χ3v) is 4.40. The molecule has 12 heteroatoms. The van der Waals surface area contributed by atoms with Gasteiger partial charge < -0.3 is 9.73 Å². The Hall–Kier alpha value is -3.28. The topological polar surface area (TPSA) is 91.6 Å². The first-order valence-corrected chi connectivity index (χ1v) is 9.68. The second kappa shape index (κ2) is 11.0. The minimum Gasteiger partial charge on any atom is -0.457 e. The summed E-state index contributed by atoms with van der Waals surface area (Å²) >= 11 is 0. The summed E-state index contributed by atoms with van der Waals surface area (Å²) in [5.74, 6) is -1.15. The van der Waals surface area contributed by atoms with E-state index in [1.54, 1.807) is 0 Å². The molecule has 0 aliphatic rings. The Kier molecular flexibility index (Phi) is 8.69. The van der Waals surface area contributed by atoms with Gasteiger partial charge in [0.1, 0.15) is 11.5 Å². The van der Waals surface area contributed by atoms with E-state index in [0.29, 0.717) is 37.9 Å². The van der Waals surface area contributed by atoms with Crippen LogP contribution in [0.25, 0.3) is 17.4 Å². The molecule has 0 saturated heterocycles. The maximum Gasteiger partial charge on any atom is 0.416 e. The van der Waals surface area contributed by atoms with Crippen molar-refractivity contribution < 1.29 is 45.6 Å². The Bertz CT molecular complexity index is 963. The Morgan fingerprint density at radius 3 is 2.15 bits per heavy atom. The summed E-state index contributed by atoms with van der Waals surface area (Å²) in [6, 6.07) is 3.64. The third kappa shape index (κ3) is 8.29. The molecule has 180 valence electrons. The fraction of sp³-hybridized carbons (Fsp3) is 0.333. The van der Waals surface area contributed by atoms with Gasteiger partial charge in [0.05, 0.1) is 11.1 Å². The van der Waals surface area contributed by atoms with Crippen molar-refractivity contribution in [1.82, 2.24) is 10.8 Å². The van der Waals surface area contributed by atoms with Crippen LogP contribution in [0.1, 0.15) is 42.6 Å². The molecule has 0 fully saturated rings. The molecule has 1 heterocycles. The number of carbonyl (C=O) groups is 2. The highest BCUT2D eigenvalue weighted by Crippen LogP contribution is 2.39. The van der Waals surface area contributed by atoms with Gasteiger partial charge in [0.25, 0.3) is 0 Å². The lowest BCUT2D eigenvalue weighted by Gasteiger charge is -2.13. The summed E-state index contributed by atoms with van der Waals surface area (Å²) in [6.45, 7) is 0.317. The van der Waals surface area contributed by atoms with Gasteiger partial charge in [-0.15, -0.1) is 0 Å². The van der Waals surface area contributed by atoms with Gasteiger partial charge in [-0.3, -0.25) is 14.8 Å². The number of unbranched alkanes of at least 4 members (excludes halogenated alkanes) is 2. The zero-order chi connectivity index (χ0) is 24.6. The van der Waals surface area contributed by atoms with Crippen molar-refractivity contribution in [3.8, 4) is 11.3 Å². The smallest absolute Gasteiger partial charge is 0.416 e. The lowest BCUT2D eigenvalue weighted by atomic mass is 10.0. The summed E-state index contributed by atoms with van der Waals surface area (Å²) < 4.78 is 83.3. The Balaban J connectivity index is 2.00. The molecule has 0 bridgehead atoms. The van der Waals surface area contributed by atoms with Gasteiger partial charge in [0.15, 0.2) is 0 Å². The number of nitrogens with one attached hydrogen (secondary N) is 2. The van der Waals surface area contributed by atoms with Crippen molar-refractivity contribution in [2.24, 2.45) is 0 Å². The number of hydrogen-bond donors (Lipinski definition) is 3. The number of hydroxylamine groups is 1. The number of rotatable bonds is 9. The summed E-state index contributed by atoms with van der Waals surface area (Å²) in [4.78, 5) is 22.6. The Morgan fingerprint density at radius 2 is 1.58 bits per heavy atom. The van der Waals surface area contributed by atoms with Crippen LogP contribution in [0.4, 0.5) is 26.3 Å². The van der Waals surface area contributed by atoms with Crippen LogP contribution in [0.15, 0.2) is 40.8 Å². The van der Waals surface area contributed by atoms with Crippen LogP contribution in [-0.2, 0) is 21.9 Å². The molecule has 2 aromatic rings. The molecule has 0 spiro atoms. The third-order valence-electron chi connectivity index (χ3n) is 4.40. The van der Waals surface area contributed by atoms with Crippen LogP contribution in [0, 0.1) is 0 Å². The first kappa shape index (κ1) is 26.0. The summed E-state index contributed by atoms with van der Waals surface area (Å²) in [7, 11) is 0. The molecule has 0 saturated carbocycles. The molecule has 3 N–H and O–H groups in total. The minimum atomic E-state index is -4.98. The minimum absolute atomic E-state index is 0.0268. The van der Waals surface area contributed by atoms with E-state index in [9.17, 15) is 35.9 Å². The van der Waals surface area contributed by atoms with Crippen LogP contribution in [0.3, 0.4) is 0 Å². The zero-order valence-electron chi connectivity index (χ0n) is 17.0. The number of halogens is 6. The molecule has 0 radical (unpaired) electrons. The van der Waals surface area contributed by atoms with E-state index in [1.165, 1.54) is 23.7 Å². The summed E-state index contributed by atoms with van der Waals surface area (Å²) in [5.41, 5.74) is -1.82. The second-order valence-electron chi connectivity index (χ2n) is 6.97. The fourth-order valence-electron chi connectivity index (χ4n) is 2.77. The highest BCUT2D eigenvalue weighted by molar-refractivity contribution is 5.91. The molecule has 6 nitrogen and oxygen atoms in total. The number of alkyl halides is 6. The quantitative estimate of drug-likeness (QED) is 0.152. The average molecular weight is 478 g/mol. The zero-order valence-corrected chi connectivity index (χ0v) is 17.0. The number of carbonyl (C=O) groups excluding carboxylic acids is 2. The molecule has 1 aromatic carbocycles. The lowest BCUT2D eigenvalue weighted by molar-refractivity contribution is -0.143. The molecule has 2 amide bonds. The number of furan rings is 1. The maximum absolute atomic E-state index is 13.0. The summed E-state index contributed by atoms with van der Waals surface area (Å²) in [5, 5.41) is 10.9. The van der Waals surface area contributed by atoms with Crippen LogP contribution in [0.5, 0.6) is 0 Å². The van der Waals surface area contributed by atoms with Gasteiger partial charge in [0.2, 0.25) is 11.8 Å². The van der Waals surface area contributed by atoms with Gasteiger partial charge in [-0.2, -0.15) is 26.3 Å². The Labute approximate surface area is 184 Å². The van der Waals surface area contributed by atoms with Crippen LogP contribution in [-0.4, -0.2) is 23.6 Å². The van der Waals surface area contributed by atoms with Gasteiger partial charge >= 0.3 is 12.4 Å². The number of amides is 2. The molecular weight excluding hydrogens is 458 g/mol. The Morgan fingerprint density at radius 1 is 0.939 bits per heavy atom. The molecular formula is C21H20F6N2O4. The first-order valence-electron chi connectivity index (χ1n) is 9.68. The number of hydrogen-bond acceptors (Lipinski definition) is 4. The van der Waals surface area contributed by atoms with E-state index in [0.717, 1.165) is 6.08 Å². The van der Waals surface area contributed by atoms with Crippen LogP contribution in [0.2, 0.25) is 0 Å². The molecule has 2 rings (SSSR count). The highest BCUT2D eigenvalue weighted by atomic mass is 19.4. The normalized spacial score (nSPS) is 12.2. The van der Waals surface area contributed by atoms with Crippen LogP contribution >= 0.6 is 0 Å². The van der Waals surface area contributed by atoms with Gasteiger partial charge in [-0.1, -0.05) is 6.42 Å². The van der Waals surface area contributed by atoms with Crippen molar-refractivity contribution in [3.05, 3.63) is 53.3 Å². The van der Waals surface area contributed by atoms with Crippen molar-refractivity contribution in [3.63, 3.8) is 0 Å². The van der Waals surface area contributed by atoms with Crippen molar-refractivity contribution in [2.75, 3.05) is 6.54 Å². The predicted molar refractivity (Wildman–Crippen MR) is 105 cm³/mol. The molecule has 0 unspecified atom stereocenters. The largest absolute Gasteiger partial charge is 0.457 e. The van der Waals surface area contributed by atoms with Gasteiger partial charge in [0, 0.05) is 24.6 Å². The molecule has 0 aliphatic heterocycles.